The predicted octanol–water partition coefficient (Wildman–Crippen LogP) is 3.37. The Morgan fingerprint density at radius 3 is 2.89 bits per heavy atom. The van der Waals surface area contributed by atoms with Gasteiger partial charge < -0.3 is 9.84 Å². The first-order valence-corrected chi connectivity index (χ1v) is 6.89. The van der Waals surface area contributed by atoms with E-state index in [1.807, 2.05) is 47.8 Å². The highest BCUT2D eigenvalue weighted by Gasteiger charge is 2.02. The molecular weight excluding hydrogens is 258 g/mol. The van der Waals surface area contributed by atoms with Gasteiger partial charge in [-0.15, -0.1) is 11.3 Å². The lowest BCUT2D eigenvalue weighted by molar-refractivity contribution is 0.282. The summed E-state index contributed by atoms with van der Waals surface area (Å²) in [6, 6.07) is 13.9. The highest BCUT2D eigenvalue weighted by molar-refractivity contribution is 7.10. The van der Waals surface area contributed by atoms with E-state index in [0.29, 0.717) is 6.61 Å². The summed E-state index contributed by atoms with van der Waals surface area (Å²) in [6.07, 6.45) is 0. The lowest BCUT2D eigenvalue weighted by atomic mass is 10.2. The zero-order valence-corrected chi connectivity index (χ0v) is 11.1. The van der Waals surface area contributed by atoms with Gasteiger partial charge in [0.25, 0.3) is 0 Å². The molecule has 3 rings (SSSR count). The van der Waals surface area contributed by atoms with Crippen molar-refractivity contribution in [2.45, 2.75) is 13.2 Å². The average Bonchev–Trinajstić information content (AvgIpc) is 2.93. The molecule has 0 radical (unpaired) electrons. The van der Waals surface area contributed by atoms with Crippen LogP contribution in [0.3, 0.4) is 0 Å². The van der Waals surface area contributed by atoms with Crippen molar-refractivity contribution >= 4 is 22.2 Å². The molecule has 0 saturated heterocycles. The molecule has 1 N–H and O–H groups in total. The van der Waals surface area contributed by atoms with Crippen LogP contribution in [0, 0.1) is 0 Å². The van der Waals surface area contributed by atoms with Crippen molar-refractivity contribution in [2.24, 2.45) is 0 Å². The number of fused-ring (bicyclic) bond motifs is 1. The molecule has 2 heterocycles. The van der Waals surface area contributed by atoms with Gasteiger partial charge in [-0.3, -0.25) is 0 Å². The Bertz CT molecular complexity index is 693. The molecule has 0 saturated carbocycles. The van der Waals surface area contributed by atoms with Crippen LogP contribution in [-0.2, 0) is 13.2 Å². The first-order chi connectivity index (χ1) is 9.35. The third-order valence-electron chi connectivity index (χ3n) is 2.83. The number of aromatic nitrogens is 1. The number of hydrogen-bond acceptors (Lipinski definition) is 4. The Morgan fingerprint density at radius 1 is 1.16 bits per heavy atom. The molecule has 0 aliphatic rings. The largest absolute Gasteiger partial charge is 0.486 e. The predicted molar refractivity (Wildman–Crippen MR) is 76.3 cm³/mol. The first kappa shape index (κ1) is 12.1. The molecule has 0 amide bonds. The molecule has 0 fully saturated rings. The van der Waals surface area contributed by atoms with Crippen molar-refractivity contribution in [2.75, 3.05) is 0 Å². The van der Waals surface area contributed by atoms with Crippen LogP contribution in [0.1, 0.15) is 10.6 Å². The van der Waals surface area contributed by atoms with Gasteiger partial charge in [0.15, 0.2) is 0 Å². The van der Waals surface area contributed by atoms with Crippen LogP contribution < -0.4 is 4.74 Å². The minimum absolute atomic E-state index is 0.0578. The molecule has 2 aromatic heterocycles. The van der Waals surface area contributed by atoms with E-state index >= 15 is 0 Å². The van der Waals surface area contributed by atoms with Crippen molar-refractivity contribution in [1.82, 2.24) is 4.98 Å². The van der Waals surface area contributed by atoms with Crippen LogP contribution in [0.15, 0.2) is 47.8 Å². The summed E-state index contributed by atoms with van der Waals surface area (Å²) in [4.78, 5) is 5.45. The van der Waals surface area contributed by atoms with Gasteiger partial charge in [-0.25, -0.2) is 4.98 Å². The Balaban J connectivity index is 1.74. The average molecular weight is 271 g/mol. The van der Waals surface area contributed by atoms with Gasteiger partial charge >= 0.3 is 0 Å². The summed E-state index contributed by atoms with van der Waals surface area (Å²) in [5.74, 6) is 0.781. The minimum atomic E-state index is 0.0578. The third kappa shape index (κ3) is 2.75. The molecule has 0 aliphatic carbocycles. The zero-order valence-electron chi connectivity index (χ0n) is 10.2. The van der Waals surface area contributed by atoms with Gasteiger partial charge in [-0.1, -0.05) is 24.3 Å². The number of para-hydroxylation sites is 1. The summed E-state index contributed by atoms with van der Waals surface area (Å²) >= 11 is 1.49. The topological polar surface area (TPSA) is 42.4 Å². The fourth-order valence-corrected chi connectivity index (χ4v) is 2.53. The van der Waals surface area contributed by atoms with Gasteiger partial charge in [0.2, 0.25) is 0 Å². The maximum atomic E-state index is 9.00. The second-order valence-electron chi connectivity index (χ2n) is 4.19. The van der Waals surface area contributed by atoms with E-state index in [1.165, 1.54) is 11.3 Å². The highest BCUT2D eigenvalue weighted by atomic mass is 32.1. The number of pyridine rings is 1. The van der Waals surface area contributed by atoms with E-state index in [1.54, 1.807) is 0 Å². The number of benzene rings is 1. The van der Waals surface area contributed by atoms with Crippen molar-refractivity contribution in [3.63, 3.8) is 0 Å². The molecule has 0 unspecified atom stereocenters. The summed E-state index contributed by atoms with van der Waals surface area (Å²) in [6.45, 7) is 0.495. The lowest BCUT2D eigenvalue weighted by Gasteiger charge is -2.04. The van der Waals surface area contributed by atoms with Gasteiger partial charge in [-0.05, 0) is 18.2 Å². The standard InChI is InChI=1S/C15H13NO2S/c17-8-14-7-13(10-19-14)18-9-12-6-5-11-3-1-2-4-15(11)16-12/h1-7,10,17H,8-9H2. The molecule has 0 aliphatic heterocycles. The van der Waals surface area contributed by atoms with Crippen LogP contribution in [-0.4, -0.2) is 10.1 Å². The number of hydrogen-bond donors (Lipinski definition) is 1. The summed E-state index contributed by atoms with van der Waals surface area (Å²) < 4.78 is 5.66. The molecule has 0 spiro atoms. The molecule has 19 heavy (non-hydrogen) atoms. The van der Waals surface area contributed by atoms with Crippen LogP contribution >= 0.6 is 11.3 Å². The van der Waals surface area contributed by atoms with Crippen LogP contribution in [0.4, 0.5) is 0 Å². The van der Waals surface area contributed by atoms with E-state index in [9.17, 15) is 0 Å². The van der Waals surface area contributed by atoms with E-state index in [-0.39, 0.29) is 6.61 Å². The SMILES string of the molecule is OCc1cc(OCc2ccc3ccccc3n2)cs1. The number of thiophene rings is 1. The molecule has 3 nitrogen and oxygen atoms in total. The minimum Gasteiger partial charge on any atom is -0.486 e. The monoisotopic (exact) mass is 271 g/mol. The highest BCUT2D eigenvalue weighted by Crippen LogP contribution is 2.22. The summed E-state index contributed by atoms with van der Waals surface area (Å²) in [5.41, 5.74) is 1.88. The fourth-order valence-electron chi connectivity index (χ4n) is 1.86. The van der Waals surface area contributed by atoms with E-state index in [2.05, 4.69) is 4.98 Å². The number of aliphatic hydroxyl groups excluding tert-OH is 1. The third-order valence-corrected chi connectivity index (χ3v) is 3.73. The Hall–Kier alpha value is -1.91. The molecular formula is C15H13NO2S. The molecule has 0 bridgehead atoms. The number of rotatable bonds is 4. The summed E-state index contributed by atoms with van der Waals surface area (Å²) in [5, 5.41) is 12.0. The molecule has 0 atom stereocenters. The van der Waals surface area contributed by atoms with Gasteiger partial charge in [0.05, 0.1) is 17.8 Å². The molecule has 4 heteroatoms. The van der Waals surface area contributed by atoms with Gasteiger partial charge in [0.1, 0.15) is 12.4 Å². The Kier molecular flexibility index (Phi) is 3.44. The van der Waals surface area contributed by atoms with Crippen LogP contribution in [0.5, 0.6) is 5.75 Å². The van der Waals surface area contributed by atoms with Crippen molar-refractivity contribution in [3.8, 4) is 5.75 Å². The quantitative estimate of drug-likeness (QED) is 0.791. The van der Waals surface area contributed by atoms with E-state index in [4.69, 9.17) is 9.84 Å². The number of aliphatic hydroxyl groups is 1. The van der Waals surface area contributed by atoms with Gasteiger partial charge in [0, 0.05) is 15.6 Å². The van der Waals surface area contributed by atoms with Crippen molar-refractivity contribution < 1.29 is 9.84 Å². The van der Waals surface area contributed by atoms with E-state index in [0.717, 1.165) is 27.2 Å². The van der Waals surface area contributed by atoms with E-state index < -0.39 is 0 Å². The maximum Gasteiger partial charge on any atom is 0.130 e. The van der Waals surface area contributed by atoms with Gasteiger partial charge in [-0.2, -0.15) is 0 Å². The van der Waals surface area contributed by atoms with Crippen LogP contribution in [0.25, 0.3) is 10.9 Å². The molecule has 3 aromatic rings. The van der Waals surface area contributed by atoms with Crippen molar-refractivity contribution in [3.05, 3.63) is 58.4 Å². The first-order valence-electron chi connectivity index (χ1n) is 6.01. The summed E-state index contributed by atoms with van der Waals surface area (Å²) in [7, 11) is 0. The fraction of sp³-hybridized carbons (Fsp3) is 0.133. The number of ether oxygens (including phenoxy) is 1. The smallest absolute Gasteiger partial charge is 0.130 e. The second kappa shape index (κ2) is 5.38. The lowest BCUT2D eigenvalue weighted by Crippen LogP contribution is -1.97. The Morgan fingerprint density at radius 2 is 2.05 bits per heavy atom. The maximum absolute atomic E-state index is 9.00. The zero-order chi connectivity index (χ0) is 13.1. The number of nitrogens with zero attached hydrogens (tertiary/aromatic N) is 1. The molecule has 1 aromatic carbocycles. The van der Waals surface area contributed by atoms with Crippen molar-refractivity contribution in [1.29, 1.82) is 0 Å². The molecule has 96 valence electrons. The normalized spacial score (nSPS) is 10.8. The van der Waals surface area contributed by atoms with Crippen LogP contribution in [0.2, 0.25) is 0 Å². The second-order valence-corrected chi connectivity index (χ2v) is 5.19. The Labute approximate surface area is 115 Å².